The molecule has 1 saturated heterocycles. The molecule has 8 nitrogen and oxygen atoms in total. The molecule has 2 aromatic heterocycles. The van der Waals surface area contributed by atoms with Crippen LogP contribution in [-0.4, -0.2) is 65.0 Å². The second kappa shape index (κ2) is 9.97. The van der Waals surface area contributed by atoms with Crippen LogP contribution in [0.2, 0.25) is 0 Å². The first kappa shape index (κ1) is 24.1. The van der Waals surface area contributed by atoms with Gasteiger partial charge in [0.25, 0.3) is 0 Å². The Balaban J connectivity index is 0.000000383. The number of aryl methyl sites for hydroxylation is 1. The largest absolute Gasteiger partial charge is 0.497 e. The molecule has 1 fully saturated rings. The lowest BCUT2D eigenvalue weighted by molar-refractivity contribution is -0.192. The Morgan fingerprint density at radius 1 is 1.30 bits per heavy atom. The lowest BCUT2D eigenvalue weighted by Crippen LogP contribution is -2.52. The molecule has 11 heteroatoms. The van der Waals surface area contributed by atoms with E-state index in [9.17, 15) is 13.2 Å². The van der Waals surface area contributed by atoms with Crippen LogP contribution in [0.1, 0.15) is 19.4 Å². The quantitative estimate of drug-likeness (QED) is 0.604. The fourth-order valence-electron chi connectivity index (χ4n) is 3.85. The predicted octanol–water partition coefficient (Wildman–Crippen LogP) is 3.88. The number of anilines is 2. The summed E-state index contributed by atoms with van der Waals surface area (Å²) in [5.41, 5.74) is 3.41. The number of rotatable bonds is 4. The Labute approximate surface area is 189 Å². The van der Waals surface area contributed by atoms with Crippen LogP contribution in [0.25, 0.3) is 11.0 Å². The van der Waals surface area contributed by atoms with Gasteiger partial charge in [0.2, 0.25) is 0 Å². The molecule has 1 unspecified atom stereocenters. The maximum Gasteiger partial charge on any atom is 0.490 e. The number of hydrogen-bond acceptors (Lipinski definition) is 6. The second-order valence-corrected chi connectivity index (χ2v) is 7.58. The van der Waals surface area contributed by atoms with E-state index in [0.717, 1.165) is 48.7 Å². The van der Waals surface area contributed by atoms with E-state index in [0.29, 0.717) is 6.04 Å². The van der Waals surface area contributed by atoms with Gasteiger partial charge in [-0.3, -0.25) is 0 Å². The highest BCUT2D eigenvalue weighted by Gasteiger charge is 2.38. The van der Waals surface area contributed by atoms with Crippen molar-refractivity contribution in [3.8, 4) is 5.75 Å². The van der Waals surface area contributed by atoms with Crippen molar-refractivity contribution in [1.82, 2.24) is 15.0 Å². The van der Waals surface area contributed by atoms with Crippen LogP contribution in [0.3, 0.4) is 0 Å². The lowest BCUT2D eigenvalue weighted by atomic mass is 10.1. The molecule has 3 heterocycles. The van der Waals surface area contributed by atoms with Crippen molar-refractivity contribution in [2.45, 2.75) is 32.5 Å². The fraction of sp³-hybridized carbons (Fsp3) is 0.409. The number of carboxylic acid groups (broad SMARTS) is 1. The number of H-pyrrole nitrogens is 1. The third kappa shape index (κ3) is 5.47. The number of halogens is 3. The highest BCUT2D eigenvalue weighted by molar-refractivity contribution is 5.91. The summed E-state index contributed by atoms with van der Waals surface area (Å²) in [6, 6.07) is 8.68. The molecule has 4 rings (SSSR count). The summed E-state index contributed by atoms with van der Waals surface area (Å²) < 4.78 is 37.1. The van der Waals surface area contributed by atoms with Crippen molar-refractivity contribution in [2.24, 2.45) is 0 Å². The number of benzene rings is 1. The summed E-state index contributed by atoms with van der Waals surface area (Å²) in [5.74, 6) is -0.813. The van der Waals surface area contributed by atoms with Gasteiger partial charge in [-0.05, 0) is 31.0 Å². The Morgan fingerprint density at radius 2 is 2.03 bits per heavy atom. The van der Waals surface area contributed by atoms with Crippen LogP contribution < -0.4 is 14.5 Å². The SMILES string of the molecule is CCc1c[nH]c2ncnc(N3CCN(c4cccc(OC)c4)C(C)C3)c12.O=C(O)C(F)(F)F. The summed E-state index contributed by atoms with van der Waals surface area (Å²) in [4.78, 5) is 26.0. The molecule has 2 N–H and O–H groups in total. The number of carbonyl (C=O) groups is 1. The number of aromatic amines is 1. The molecule has 0 radical (unpaired) electrons. The molecule has 0 amide bonds. The second-order valence-electron chi connectivity index (χ2n) is 7.58. The van der Waals surface area contributed by atoms with E-state index in [1.807, 2.05) is 6.07 Å². The Kier molecular flexibility index (Phi) is 7.29. The number of piperazine rings is 1. The molecule has 1 atom stereocenters. The molecule has 0 bridgehead atoms. The Bertz CT molecular complexity index is 1100. The fourth-order valence-corrected chi connectivity index (χ4v) is 3.85. The average molecular weight is 465 g/mol. The monoisotopic (exact) mass is 465 g/mol. The summed E-state index contributed by atoms with van der Waals surface area (Å²) in [6.07, 6.45) is -0.398. The minimum absolute atomic E-state index is 0.380. The first-order valence-electron chi connectivity index (χ1n) is 10.4. The number of aromatic nitrogens is 3. The molecule has 1 aliphatic rings. The van der Waals surface area contributed by atoms with E-state index in [4.69, 9.17) is 14.6 Å². The molecule has 0 aliphatic carbocycles. The lowest BCUT2D eigenvalue weighted by Gasteiger charge is -2.42. The molecular weight excluding hydrogens is 439 g/mol. The summed E-state index contributed by atoms with van der Waals surface area (Å²) >= 11 is 0. The zero-order chi connectivity index (χ0) is 24.2. The van der Waals surface area contributed by atoms with Gasteiger partial charge in [-0.15, -0.1) is 0 Å². The zero-order valence-corrected chi connectivity index (χ0v) is 18.6. The summed E-state index contributed by atoms with van der Waals surface area (Å²) in [6.45, 7) is 7.25. The highest BCUT2D eigenvalue weighted by atomic mass is 19.4. The van der Waals surface area contributed by atoms with Crippen LogP contribution in [0.15, 0.2) is 36.8 Å². The molecular formula is C22H26F3N5O3. The van der Waals surface area contributed by atoms with Crippen molar-refractivity contribution < 1.29 is 27.8 Å². The maximum absolute atomic E-state index is 10.6. The number of fused-ring (bicyclic) bond motifs is 1. The highest BCUT2D eigenvalue weighted by Crippen LogP contribution is 2.30. The van der Waals surface area contributed by atoms with Crippen molar-refractivity contribution in [1.29, 1.82) is 0 Å². The number of carboxylic acids is 1. The number of aliphatic carboxylic acids is 1. The molecule has 33 heavy (non-hydrogen) atoms. The number of methoxy groups -OCH3 is 1. The van der Waals surface area contributed by atoms with E-state index >= 15 is 0 Å². The Hall–Kier alpha value is -3.50. The van der Waals surface area contributed by atoms with Gasteiger partial charge in [0.15, 0.2) is 0 Å². The third-order valence-corrected chi connectivity index (χ3v) is 5.47. The first-order chi connectivity index (χ1) is 15.7. The van der Waals surface area contributed by atoms with Gasteiger partial charge in [-0.25, -0.2) is 14.8 Å². The number of hydrogen-bond donors (Lipinski definition) is 2. The van der Waals surface area contributed by atoms with Crippen LogP contribution in [0.5, 0.6) is 5.75 Å². The van der Waals surface area contributed by atoms with Crippen LogP contribution in [0.4, 0.5) is 24.7 Å². The van der Waals surface area contributed by atoms with Gasteiger partial charge < -0.3 is 24.6 Å². The molecule has 1 aliphatic heterocycles. The Morgan fingerprint density at radius 3 is 2.64 bits per heavy atom. The normalized spacial score (nSPS) is 16.4. The van der Waals surface area contributed by atoms with Gasteiger partial charge in [0.1, 0.15) is 23.5 Å². The van der Waals surface area contributed by atoms with Crippen molar-refractivity contribution in [3.63, 3.8) is 0 Å². The topological polar surface area (TPSA) is 94.6 Å². The van der Waals surface area contributed by atoms with E-state index in [-0.39, 0.29) is 0 Å². The first-order valence-corrected chi connectivity index (χ1v) is 10.4. The molecule has 3 aromatic rings. The van der Waals surface area contributed by atoms with Crippen molar-refractivity contribution in [2.75, 3.05) is 36.5 Å². The van der Waals surface area contributed by atoms with Crippen LogP contribution in [0, 0.1) is 0 Å². The summed E-state index contributed by atoms with van der Waals surface area (Å²) in [7, 11) is 1.71. The van der Waals surface area contributed by atoms with E-state index in [1.54, 1.807) is 13.4 Å². The number of nitrogens with zero attached hydrogens (tertiary/aromatic N) is 4. The standard InChI is InChI=1S/C20H25N5O.C2HF3O2/c1-4-15-11-21-19-18(15)20(23-13-22-19)24-8-9-25(14(2)12-24)16-6-5-7-17(10-16)26-3;3-2(4,5)1(6)7/h5-7,10-11,13-14H,4,8-9,12H2,1-3H3,(H,21,22,23);(H,6,7). The predicted molar refractivity (Wildman–Crippen MR) is 119 cm³/mol. The van der Waals surface area contributed by atoms with E-state index < -0.39 is 12.1 Å². The van der Waals surface area contributed by atoms with Gasteiger partial charge in [-0.2, -0.15) is 13.2 Å². The zero-order valence-electron chi connectivity index (χ0n) is 18.6. The molecule has 1 aromatic carbocycles. The molecule has 178 valence electrons. The van der Waals surface area contributed by atoms with Crippen LogP contribution in [-0.2, 0) is 11.2 Å². The van der Waals surface area contributed by atoms with Crippen molar-refractivity contribution >= 4 is 28.5 Å². The number of alkyl halides is 3. The maximum atomic E-state index is 10.6. The third-order valence-electron chi connectivity index (χ3n) is 5.47. The molecule has 0 spiro atoms. The van der Waals surface area contributed by atoms with Crippen LogP contribution >= 0.6 is 0 Å². The minimum atomic E-state index is -5.08. The number of nitrogens with one attached hydrogen (secondary N) is 1. The molecule has 0 saturated carbocycles. The smallest absolute Gasteiger partial charge is 0.490 e. The van der Waals surface area contributed by atoms with E-state index in [2.05, 4.69) is 63.0 Å². The van der Waals surface area contributed by atoms with Gasteiger partial charge in [0.05, 0.1) is 12.5 Å². The number of ether oxygens (including phenoxy) is 1. The minimum Gasteiger partial charge on any atom is -0.497 e. The summed E-state index contributed by atoms with van der Waals surface area (Å²) in [5, 5.41) is 8.29. The van der Waals surface area contributed by atoms with Gasteiger partial charge in [0, 0.05) is 43.6 Å². The van der Waals surface area contributed by atoms with Crippen molar-refractivity contribution in [3.05, 3.63) is 42.4 Å². The van der Waals surface area contributed by atoms with Gasteiger partial charge in [-0.1, -0.05) is 13.0 Å². The average Bonchev–Trinajstić information content (AvgIpc) is 3.22. The van der Waals surface area contributed by atoms with E-state index in [1.165, 1.54) is 11.3 Å². The van der Waals surface area contributed by atoms with Gasteiger partial charge >= 0.3 is 12.1 Å².